The quantitative estimate of drug-likeness (QED) is 0.926. The maximum Gasteiger partial charge on any atom is 0.216 e. The van der Waals surface area contributed by atoms with Crippen molar-refractivity contribution < 1.29 is 17.5 Å². The van der Waals surface area contributed by atoms with Crippen molar-refractivity contribution in [3.05, 3.63) is 35.1 Å². The first-order chi connectivity index (χ1) is 9.94. The van der Waals surface area contributed by atoms with Gasteiger partial charge in [0.05, 0.1) is 11.9 Å². The monoisotopic (exact) mass is 313 g/mol. The zero-order valence-electron chi connectivity index (χ0n) is 12.0. The molecule has 0 bridgehead atoms. The van der Waals surface area contributed by atoms with Crippen molar-refractivity contribution in [2.45, 2.75) is 44.1 Å². The van der Waals surface area contributed by atoms with Gasteiger partial charge in [0.15, 0.2) is 0 Å². The summed E-state index contributed by atoms with van der Waals surface area (Å²) in [5.41, 5.74) is 0.992. The molecule has 2 aliphatic rings. The number of fused-ring (bicyclic) bond motifs is 1. The molecule has 1 saturated carbocycles. The number of sulfonamides is 1. The zero-order chi connectivity index (χ0) is 15.0. The van der Waals surface area contributed by atoms with E-state index in [1.54, 1.807) is 13.0 Å². The maximum atomic E-state index is 13.8. The number of hydrogen-bond acceptors (Lipinski definition) is 3. The molecule has 3 rings (SSSR count). The highest BCUT2D eigenvalue weighted by Crippen LogP contribution is 2.38. The van der Waals surface area contributed by atoms with Gasteiger partial charge >= 0.3 is 0 Å². The normalized spacial score (nSPS) is 28.8. The second-order valence-corrected chi connectivity index (χ2v) is 7.78. The van der Waals surface area contributed by atoms with E-state index >= 15 is 0 Å². The lowest BCUT2D eigenvalue weighted by Gasteiger charge is -2.47. The Bertz CT molecular complexity index is 632. The van der Waals surface area contributed by atoms with Crippen molar-refractivity contribution >= 4 is 10.0 Å². The minimum atomic E-state index is -3.53. The van der Waals surface area contributed by atoms with Crippen molar-refractivity contribution in [2.75, 3.05) is 6.61 Å². The summed E-state index contributed by atoms with van der Waals surface area (Å²) in [5.74, 6) is -0.502. The number of benzene rings is 1. The predicted octanol–water partition coefficient (Wildman–Crippen LogP) is 2.12. The van der Waals surface area contributed by atoms with E-state index < -0.39 is 15.8 Å². The van der Waals surface area contributed by atoms with Gasteiger partial charge in [-0.2, -0.15) is 0 Å². The third kappa shape index (κ3) is 3.27. The molecule has 1 aromatic rings. The van der Waals surface area contributed by atoms with E-state index in [4.69, 9.17) is 4.74 Å². The third-order valence-electron chi connectivity index (χ3n) is 4.38. The Morgan fingerprint density at radius 1 is 1.43 bits per heavy atom. The first kappa shape index (κ1) is 14.9. The number of ether oxygens (including phenoxy) is 1. The summed E-state index contributed by atoms with van der Waals surface area (Å²) in [6, 6.07) is 4.56. The van der Waals surface area contributed by atoms with E-state index in [1.807, 2.05) is 0 Å². The van der Waals surface area contributed by atoms with Gasteiger partial charge in [-0.15, -0.1) is 0 Å². The number of nitrogens with one attached hydrogen (secondary N) is 1. The lowest BCUT2D eigenvalue weighted by molar-refractivity contribution is -0.0980. The first-order valence-corrected chi connectivity index (χ1v) is 8.96. The lowest BCUT2D eigenvalue weighted by Crippen LogP contribution is -2.57. The molecule has 6 heteroatoms. The van der Waals surface area contributed by atoms with Gasteiger partial charge < -0.3 is 4.74 Å². The topological polar surface area (TPSA) is 55.4 Å². The van der Waals surface area contributed by atoms with Crippen LogP contribution in [0.15, 0.2) is 18.2 Å². The van der Waals surface area contributed by atoms with E-state index in [9.17, 15) is 12.8 Å². The highest BCUT2D eigenvalue weighted by Gasteiger charge is 2.44. The summed E-state index contributed by atoms with van der Waals surface area (Å²) in [6.45, 7) is 2.55. The Morgan fingerprint density at radius 3 is 2.95 bits per heavy atom. The fraction of sp³-hybridized carbons (Fsp3) is 0.600. The Labute approximate surface area is 124 Å². The summed E-state index contributed by atoms with van der Waals surface area (Å²) in [5, 5.41) is 0. The molecule has 0 unspecified atom stereocenters. The minimum Gasteiger partial charge on any atom is -0.378 e. The van der Waals surface area contributed by atoms with Crippen LogP contribution in [0.4, 0.5) is 4.39 Å². The van der Waals surface area contributed by atoms with E-state index in [1.165, 1.54) is 12.1 Å². The second kappa shape index (κ2) is 5.66. The molecule has 4 nitrogen and oxygen atoms in total. The molecule has 0 amide bonds. The smallest absolute Gasteiger partial charge is 0.216 e. The third-order valence-corrected chi connectivity index (χ3v) is 5.73. The van der Waals surface area contributed by atoms with Gasteiger partial charge in [-0.25, -0.2) is 17.5 Å². The highest BCUT2D eigenvalue weighted by molar-refractivity contribution is 7.88. The van der Waals surface area contributed by atoms with E-state index in [-0.39, 0.29) is 29.4 Å². The van der Waals surface area contributed by atoms with Crippen LogP contribution in [0.5, 0.6) is 0 Å². The van der Waals surface area contributed by atoms with Crippen LogP contribution in [0.25, 0.3) is 0 Å². The molecule has 0 radical (unpaired) electrons. The van der Waals surface area contributed by atoms with Crippen molar-refractivity contribution in [1.82, 2.24) is 4.72 Å². The summed E-state index contributed by atoms with van der Waals surface area (Å²) in [4.78, 5) is 0. The molecule has 116 valence electrons. The standard InChI is InChI=1S/C15H20FNO3S/c1-10-4-5-11(13(16)7-10)9-21(18,19)17-14-8-15-12(14)3-2-6-20-15/h4-5,7,12,14-15,17H,2-3,6,8-9H2,1H3/t12-,14-,15-/m1/s1. The molecule has 3 atom stereocenters. The largest absolute Gasteiger partial charge is 0.378 e. The van der Waals surface area contributed by atoms with Crippen LogP contribution in [0.1, 0.15) is 30.4 Å². The van der Waals surface area contributed by atoms with E-state index in [0.717, 1.165) is 31.4 Å². The van der Waals surface area contributed by atoms with E-state index in [0.29, 0.717) is 0 Å². The fourth-order valence-electron chi connectivity index (χ4n) is 3.18. The molecule has 1 N–H and O–H groups in total. The minimum absolute atomic E-state index is 0.0613. The Morgan fingerprint density at radius 2 is 2.24 bits per heavy atom. The van der Waals surface area contributed by atoms with Gasteiger partial charge in [0.2, 0.25) is 10.0 Å². The Balaban J connectivity index is 1.64. The zero-order valence-corrected chi connectivity index (χ0v) is 12.8. The van der Waals surface area contributed by atoms with Gasteiger partial charge in [-0.1, -0.05) is 12.1 Å². The van der Waals surface area contributed by atoms with Gasteiger partial charge in [-0.3, -0.25) is 0 Å². The Hall–Kier alpha value is -0.980. The van der Waals surface area contributed by atoms with Crippen molar-refractivity contribution in [1.29, 1.82) is 0 Å². The van der Waals surface area contributed by atoms with Gasteiger partial charge in [0, 0.05) is 24.1 Å². The van der Waals surface area contributed by atoms with E-state index in [2.05, 4.69) is 4.72 Å². The number of aryl methyl sites for hydroxylation is 1. The molecule has 1 aliphatic carbocycles. The second-order valence-electron chi connectivity index (χ2n) is 6.03. The SMILES string of the molecule is Cc1ccc(CS(=O)(=O)N[C@@H]2C[C@H]3OCCC[C@H]23)c(F)c1. The fourth-order valence-corrected chi connectivity index (χ4v) is 4.64. The molecule has 0 spiro atoms. The molecule has 1 aromatic carbocycles. The molecule has 1 heterocycles. The van der Waals surface area contributed by atoms with Crippen LogP contribution >= 0.6 is 0 Å². The van der Waals surface area contributed by atoms with Crippen LogP contribution in [0.2, 0.25) is 0 Å². The molecule has 21 heavy (non-hydrogen) atoms. The van der Waals surface area contributed by atoms with Gasteiger partial charge in [0.25, 0.3) is 0 Å². The Kier molecular flexibility index (Phi) is 4.03. The maximum absolute atomic E-state index is 13.8. The number of rotatable bonds is 4. The average molecular weight is 313 g/mol. The summed E-state index contributed by atoms with van der Waals surface area (Å²) in [6.07, 6.45) is 2.89. The number of hydrogen-bond donors (Lipinski definition) is 1. The van der Waals surface area contributed by atoms with Gasteiger partial charge in [-0.05, 0) is 37.8 Å². The van der Waals surface area contributed by atoms with Crippen molar-refractivity contribution in [3.63, 3.8) is 0 Å². The van der Waals surface area contributed by atoms with Crippen molar-refractivity contribution in [3.8, 4) is 0 Å². The molecular formula is C15H20FNO3S. The lowest BCUT2D eigenvalue weighted by atomic mass is 9.73. The predicted molar refractivity (Wildman–Crippen MR) is 77.8 cm³/mol. The molecule has 1 aliphatic heterocycles. The summed E-state index contributed by atoms with van der Waals surface area (Å²) < 4.78 is 46.4. The van der Waals surface area contributed by atoms with Crippen molar-refractivity contribution in [2.24, 2.45) is 5.92 Å². The van der Waals surface area contributed by atoms with Crippen LogP contribution in [0, 0.1) is 18.7 Å². The summed E-state index contributed by atoms with van der Waals surface area (Å²) >= 11 is 0. The molecule has 0 aromatic heterocycles. The molecular weight excluding hydrogens is 293 g/mol. The van der Waals surface area contributed by atoms with Gasteiger partial charge in [0.1, 0.15) is 5.82 Å². The first-order valence-electron chi connectivity index (χ1n) is 7.31. The van der Waals surface area contributed by atoms with Crippen LogP contribution in [-0.2, 0) is 20.5 Å². The van der Waals surface area contributed by atoms with Crippen LogP contribution in [0.3, 0.4) is 0 Å². The highest BCUT2D eigenvalue weighted by atomic mass is 32.2. The van der Waals surface area contributed by atoms with Crippen LogP contribution < -0.4 is 4.72 Å². The molecule has 1 saturated heterocycles. The molecule has 2 fully saturated rings. The van der Waals surface area contributed by atoms with Crippen LogP contribution in [-0.4, -0.2) is 27.2 Å². The summed E-state index contributed by atoms with van der Waals surface area (Å²) in [7, 11) is -3.53. The number of halogens is 1. The average Bonchev–Trinajstić information content (AvgIpc) is 2.39.